The summed E-state index contributed by atoms with van der Waals surface area (Å²) in [5.74, 6) is 0.0930. The van der Waals surface area contributed by atoms with Crippen molar-refractivity contribution in [2.24, 2.45) is 5.73 Å². The lowest BCUT2D eigenvalue weighted by molar-refractivity contribution is -0.133. The molecule has 4 rings (SSSR count). The number of nitrogens with zero attached hydrogens (tertiary/aromatic N) is 5. The van der Waals surface area contributed by atoms with Crippen molar-refractivity contribution >= 4 is 5.91 Å². The van der Waals surface area contributed by atoms with Crippen molar-refractivity contribution in [1.82, 2.24) is 25.1 Å². The Bertz CT molecular complexity index is 754. The predicted octanol–water partition coefficient (Wildman–Crippen LogP) is -0.00210. The molecule has 0 bridgehead atoms. The number of aryl methyl sites for hydroxylation is 1. The lowest BCUT2D eigenvalue weighted by atomic mass is 9.72. The highest BCUT2D eigenvalue weighted by molar-refractivity contribution is 5.76. The second-order valence-corrected chi connectivity index (χ2v) is 6.92. The van der Waals surface area contributed by atoms with Gasteiger partial charge in [0.25, 0.3) is 0 Å². The van der Waals surface area contributed by atoms with Crippen molar-refractivity contribution < 1.29 is 9.90 Å². The van der Waals surface area contributed by atoms with Crippen LogP contribution in [0.1, 0.15) is 36.4 Å². The number of aliphatic hydroxyl groups excluding tert-OH is 1. The Morgan fingerprint density at radius 3 is 2.80 bits per heavy atom. The molecule has 0 saturated carbocycles. The van der Waals surface area contributed by atoms with Crippen LogP contribution < -0.4 is 5.73 Å². The molecule has 2 heterocycles. The largest absolute Gasteiger partial charge is 0.390 e. The highest BCUT2D eigenvalue weighted by Gasteiger charge is 2.51. The predicted molar refractivity (Wildman–Crippen MR) is 89.3 cm³/mol. The number of carbonyl (C=O) groups excluding carboxylic acids is 1. The Kier molecular flexibility index (Phi) is 4.01. The summed E-state index contributed by atoms with van der Waals surface area (Å²) in [4.78, 5) is 14.3. The number of benzene rings is 1. The summed E-state index contributed by atoms with van der Waals surface area (Å²) in [5, 5.41) is 21.7. The van der Waals surface area contributed by atoms with Crippen LogP contribution in [0.5, 0.6) is 0 Å². The van der Waals surface area contributed by atoms with E-state index < -0.39 is 6.10 Å². The highest BCUT2D eigenvalue weighted by atomic mass is 16.3. The normalized spacial score (nSPS) is 24.5. The van der Waals surface area contributed by atoms with E-state index in [0.29, 0.717) is 26.1 Å². The first-order valence-corrected chi connectivity index (χ1v) is 8.63. The van der Waals surface area contributed by atoms with Crippen molar-refractivity contribution in [2.75, 3.05) is 13.1 Å². The lowest BCUT2D eigenvalue weighted by Crippen LogP contribution is -2.50. The molecule has 1 spiro atoms. The Balaban J connectivity index is 1.43. The summed E-state index contributed by atoms with van der Waals surface area (Å²) in [6.07, 6.45) is 2.75. The average Bonchev–Trinajstić information content (AvgIpc) is 3.24. The van der Waals surface area contributed by atoms with Crippen LogP contribution in [0.25, 0.3) is 0 Å². The number of piperidine rings is 1. The first kappa shape index (κ1) is 16.2. The summed E-state index contributed by atoms with van der Waals surface area (Å²) < 4.78 is 1.55. The standard InChI is InChI=1S/C17H22N6O2/c18-15-12-3-1-2-4-13(12)17(16(15)25)6-9-22(10-7-17)14(24)5-8-23-11-19-20-21-23/h1-4,11,15-16,25H,5-10,18H2/t15-,16+/m0/s1. The molecule has 1 aliphatic heterocycles. The zero-order chi connectivity index (χ0) is 17.4. The summed E-state index contributed by atoms with van der Waals surface area (Å²) >= 11 is 0. The third-order valence-corrected chi connectivity index (χ3v) is 5.72. The molecule has 1 amide bonds. The molecule has 3 N–H and O–H groups in total. The molecular weight excluding hydrogens is 320 g/mol. The quantitative estimate of drug-likeness (QED) is 0.812. The van der Waals surface area contributed by atoms with Gasteiger partial charge in [-0.2, -0.15) is 0 Å². The van der Waals surface area contributed by atoms with Crippen molar-refractivity contribution in [1.29, 1.82) is 0 Å². The molecule has 0 unspecified atom stereocenters. The maximum Gasteiger partial charge on any atom is 0.224 e. The number of fused-ring (bicyclic) bond motifs is 2. The maximum absolute atomic E-state index is 12.4. The van der Waals surface area contributed by atoms with E-state index in [-0.39, 0.29) is 17.4 Å². The van der Waals surface area contributed by atoms with Crippen LogP contribution in [0, 0.1) is 0 Å². The molecule has 132 valence electrons. The minimum atomic E-state index is -0.594. The fraction of sp³-hybridized carbons (Fsp3) is 0.529. The van der Waals surface area contributed by atoms with Crippen LogP contribution >= 0.6 is 0 Å². The van der Waals surface area contributed by atoms with Gasteiger partial charge in [0.2, 0.25) is 5.91 Å². The number of hydrogen-bond acceptors (Lipinski definition) is 6. The van der Waals surface area contributed by atoms with Crippen LogP contribution in [0.4, 0.5) is 0 Å². The van der Waals surface area contributed by atoms with Crippen molar-refractivity contribution in [3.8, 4) is 0 Å². The Hall–Kier alpha value is -2.32. The number of aliphatic hydroxyl groups is 1. The van der Waals surface area contributed by atoms with E-state index in [1.807, 2.05) is 23.1 Å². The number of likely N-dealkylation sites (tertiary alicyclic amines) is 1. The molecule has 8 nitrogen and oxygen atoms in total. The molecule has 1 aliphatic carbocycles. The van der Waals surface area contributed by atoms with E-state index >= 15 is 0 Å². The van der Waals surface area contributed by atoms with E-state index in [1.54, 1.807) is 4.68 Å². The first-order valence-electron chi connectivity index (χ1n) is 8.63. The molecular formula is C17H22N6O2. The van der Waals surface area contributed by atoms with Crippen molar-refractivity contribution in [3.63, 3.8) is 0 Å². The van der Waals surface area contributed by atoms with Gasteiger partial charge in [0.15, 0.2) is 0 Å². The second kappa shape index (κ2) is 6.20. The van der Waals surface area contributed by atoms with Crippen molar-refractivity contribution in [2.45, 2.75) is 43.4 Å². The SMILES string of the molecule is N[C@H]1c2ccccc2C2(CCN(C(=O)CCn3cnnn3)CC2)[C@@H]1O. The van der Waals surface area contributed by atoms with Crippen LogP contribution in [0.15, 0.2) is 30.6 Å². The van der Waals surface area contributed by atoms with Gasteiger partial charge < -0.3 is 15.7 Å². The number of carbonyl (C=O) groups is 1. The maximum atomic E-state index is 12.4. The minimum absolute atomic E-state index is 0.0930. The van der Waals surface area contributed by atoms with Crippen LogP contribution in [0.3, 0.4) is 0 Å². The highest BCUT2D eigenvalue weighted by Crippen LogP contribution is 2.49. The number of rotatable bonds is 3. The van der Waals surface area contributed by atoms with E-state index in [2.05, 4.69) is 21.6 Å². The number of nitrogens with two attached hydrogens (primary N) is 1. The summed E-state index contributed by atoms with van der Waals surface area (Å²) in [5.41, 5.74) is 8.09. The van der Waals surface area contributed by atoms with Gasteiger partial charge in [-0.25, -0.2) is 4.68 Å². The van der Waals surface area contributed by atoms with Gasteiger partial charge in [-0.3, -0.25) is 4.79 Å². The fourth-order valence-corrected chi connectivity index (χ4v) is 4.29. The van der Waals surface area contributed by atoms with Gasteiger partial charge in [0.1, 0.15) is 6.33 Å². The number of aromatic nitrogens is 4. The Morgan fingerprint density at radius 2 is 2.08 bits per heavy atom. The molecule has 1 saturated heterocycles. The lowest BCUT2D eigenvalue weighted by Gasteiger charge is -2.42. The number of tetrazole rings is 1. The van der Waals surface area contributed by atoms with Crippen molar-refractivity contribution in [3.05, 3.63) is 41.7 Å². The van der Waals surface area contributed by atoms with Gasteiger partial charge >= 0.3 is 0 Å². The molecule has 1 fully saturated rings. The fourth-order valence-electron chi connectivity index (χ4n) is 4.29. The summed E-state index contributed by atoms with van der Waals surface area (Å²) in [6.45, 7) is 1.74. The van der Waals surface area contributed by atoms with Gasteiger partial charge in [-0.05, 0) is 34.4 Å². The number of hydrogen-bond donors (Lipinski definition) is 2. The van der Waals surface area contributed by atoms with E-state index in [4.69, 9.17) is 5.73 Å². The van der Waals surface area contributed by atoms with Crippen LogP contribution in [-0.4, -0.2) is 55.3 Å². The van der Waals surface area contributed by atoms with Gasteiger partial charge in [-0.1, -0.05) is 24.3 Å². The molecule has 25 heavy (non-hydrogen) atoms. The van der Waals surface area contributed by atoms with Crippen LogP contribution in [-0.2, 0) is 16.8 Å². The minimum Gasteiger partial charge on any atom is -0.390 e. The Labute approximate surface area is 145 Å². The average molecular weight is 342 g/mol. The summed E-state index contributed by atoms with van der Waals surface area (Å²) in [7, 11) is 0. The molecule has 1 aromatic heterocycles. The monoisotopic (exact) mass is 342 g/mol. The topological polar surface area (TPSA) is 110 Å². The zero-order valence-corrected chi connectivity index (χ0v) is 14.0. The second-order valence-electron chi connectivity index (χ2n) is 6.92. The third-order valence-electron chi connectivity index (χ3n) is 5.72. The summed E-state index contributed by atoms with van der Waals surface area (Å²) in [6, 6.07) is 7.68. The van der Waals surface area contributed by atoms with Gasteiger partial charge in [0, 0.05) is 24.9 Å². The third kappa shape index (κ3) is 2.61. The smallest absolute Gasteiger partial charge is 0.224 e. The van der Waals surface area contributed by atoms with E-state index in [0.717, 1.165) is 24.0 Å². The molecule has 0 radical (unpaired) electrons. The number of amides is 1. The zero-order valence-electron chi connectivity index (χ0n) is 14.0. The molecule has 8 heteroatoms. The first-order chi connectivity index (χ1) is 12.1. The Morgan fingerprint density at radius 1 is 1.32 bits per heavy atom. The van der Waals surface area contributed by atoms with Crippen LogP contribution in [0.2, 0.25) is 0 Å². The van der Waals surface area contributed by atoms with E-state index in [1.165, 1.54) is 6.33 Å². The molecule has 1 aromatic carbocycles. The van der Waals surface area contributed by atoms with Gasteiger partial charge in [-0.15, -0.1) is 5.10 Å². The van der Waals surface area contributed by atoms with Gasteiger partial charge in [0.05, 0.1) is 18.7 Å². The molecule has 2 aliphatic rings. The van der Waals surface area contributed by atoms with E-state index in [9.17, 15) is 9.90 Å². The molecule has 2 aromatic rings. The molecule has 2 atom stereocenters.